The van der Waals surface area contributed by atoms with Crippen LogP contribution in [0.25, 0.3) is 0 Å². The van der Waals surface area contributed by atoms with Crippen molar-refractivity contribution in [3.63, 3.8) is 0 Å². The molecule has 13 heteroatoms. The normalized spacial score (nSPS) is 20.0. The summed E-state index contributed by atoms with van der Waals surface area (Å²) >= 11 is 0. The number of rotatable bonds is 5. The lowest BCUT2D eigenvalue weighted by Gasteiger charge is -2.33. The number of amides is 1. The molecule has 1 aliphatic heterocycles. The van der Waals surface area contributed by atoms with Gasteiger partial charge in [-0.3, -0.25) is 4.79 Å². The molecule has 204 valence electrons. The summed E-state index contributed by atoms with van der Waals surface area (Å²) < 4.78 is 82.7. The van der Waals surface area contributed by atoms with E-state index in [9.17, 15) is 26.4 Å². The molecule has 0 saturated heterocycles. The molecular weight excluding hydrogens is 528 g/mol. The van der Waals surface area contributed by atoms with Gasteiger partial charge in [0, 0.05) is 18.1 Å². The first-order valence-electron chi connectivity index (χ1n) is 11.8. The Hall–Kier alpha value is -3.48. The van der Waals surface area contributed by atoms with Gasteiger partial charge in [-0.1, -0.05) is 25.3 Å². The molecular formula is C25H27F4N4O4S+. The summed E-state index contributed by atoms with van der Waals surface area (Å²) in [7, 11) is -3.92. The quantitative estimate of drug-likeness (QED) is 0.377. The van der Waals surface area contributed by atoms with E-state index >= 15 is 4.39 Å². The lowest BCUT2D eigenvalue weighted by Crippen LogP contribution is -2.30. The standard InChI is InChI=1S/C25H26F4N4O4S/c1-24(2)10-4-5-15(13-24)14-33-21-12-19(26)18(22(34)32-38(3,35)36)11-20(21)31-23(33)30-16-6-8-17(9-7-16)37-25(27,28)29/h6-9,11-12,14-15H,4-5,10,13H2,1-3H3,(H-,30,31,32,34)/p+1. The van der Waals surface area contributed by atoms with Gasteiger partial charge in [0.15, 0.2) is 11.4 Å². The second-order valence-corrected chi connectivity index (χ2v) is 11.9. The third-order valence-electron chi connectivity index (χ3n) is 6.25. The predicted octanol–water partition coefficient (Wildman–Crippen LogP) is 5.46. The summed E-state index contributed by atoms with van der Waals surface area (Å²) in [6, 6.07) is 7.30. The monoisotopic (exact) mass is 555 g/mol. The van der Waals surface area contributed by atoms with E-state index in [0.717, 1.165) is 56.2 Å². The predicted molar refractivity (Wildman–Crippen MR) is 134 cm³/mol. The van der Waals surface area contributed by atoms with Crippen LogP contribution in [0.4, 0.5) is 34.6 Å². The van der Waals surface area contributed by atoms with Gasteiger partial charge in [-0.15, -0.1) is 13.2 Å². The van der Waals surface area contributed by atoms with Gasteiger partial charge in [0.1, 0.15) is 11.6 Å². The lowest BCUT2D eigenvalue weighted by atomic mass is 9.72. The Kier molecular flexibility index (Phi) is 7.26. The zero-order chi connectivity index (χ0) is 27.9. The van der Waals surface area contributed by atoms with Gasteiger partial charge >= 0.3 is 12.3 Å². The summed E-state index contributed by atoms with van der Waals surface area (Å²) in [5.74, 6) is -2.08. The second-order valence-electron chi connectivity index (χ2n) is 10.2. The number of nitrogens with one attached hydrogen (secondary N) is 2. The Morgan fingerprint density at radius 1 is 1.21 bits per heavy atom. The van der Waals surface area contributed by atoms with E-state index < -0.39 is 39.4 Å². The molecule has 1 saturated carbocycles. The molecule has 1 fully saturated rings. The Bertz CT molecular complexity index is 1420. The Balaban J connectivity index is 1.70. The fourth-order valence-electron chi connectivity index (χ4n) is 4.72. The van der Waals surface area contributed by atoms with Crippen LogP contribution < -0.4 is 14.8 Å². The fourth-order valence-corrected chi connectivity index (χ4v) is 5.16. The van der Waals surface area contributed by atoms with Crippen molar-refractivity contribution < 1.29 is 40.1 Å². The summed E-state index contributed by atoms with van der Waals surface area (Å²) in [5.41, 5.74) is 0.563. The van der Waals surface area contributed by atoms with Crippen molar-refractivity contribution in [1.82, 2.24) is 4.72 Å². The van der Waals surface area contributed by atoms with Crippen LogP contribution in [-0.2, 0) is 10.0 Å². The molecule has 1 unspecified atom stereocenters. The second kappa shape index (κ2) is 10.0. The minimum Gasteiger partial charge on any atom is -0.406 e. The van der Waals surface area contributed by atoms with E-state index in [1.165, 1.54) is 12.1 Å². The molecule has 1 heterocycles. The van der Waals surface area contributed by atoms with Crippen LogP contribution in [0.5, 0.6) is 5.75 Å². The van der Waals surface area contributed by atoms with Crippen LogP contribution in [0.1, 0.15) is 49.9 Å². The number of nitrogens with zero attached hydrogens (tertiary/aromatic N) is 2. The number of carbonyl (C=O) groups excluding carboxylic acids is 1. The van der Waals surface area contributed by atoms with Crippen molar-refractivity contribution in [2.45, 2.75) is 45.9 Å². The van der Waals surface area contributed by atoms with Crippen molar-refractivity contribution in [2.75, 3.05) is 11.6 Å². The van der Waals surface area contributed by atoms with Crippen molar-refractivity contribution >= 4 is 45.2 Å². The molecule has 0 radical (unpaired) electrons. The number of halogens is 4. The number of fused-ring (bicyclic) bond motifs is 1. The van der Waals surface area contributed by atoms with Crippen molar-refractivity contribution in [1.29, 1.82) is 0 Å². The maximum absolute atomic E-state index is 15.0. The summed E-state index contributed by atoms with van der Waals surface area (Å²) in [6.45, 7) is 4.35. The third-order valence-corrected chi connectivity index (χ3v) is 6.80. The van der Waals surface area contributed by atoms with Crippen molar-refractivity contribution in [2.24, 2.45) is 16.3 Å². The lowest BCUT2D eigenvalue weighted by molar-refractivity contribution is -0.298. The van der Waals surface area contributed by atoms with Gasteiger partial charge < -0.3 is 4.74 Å². The van der Waals surface area contributed by atoms with Crippen LogP contribution in [0.2, 0.25) is 0 Å². The molecule has 1 aliphatic carbocycles. The highest BCUT2D eigenvalue weighted by Crippen LogP contribution is 2.40. The maximum atomic E-state index is 15.0. The summed E-state index contributed by atoms with van der Waals surface area (Å²) in [6.07, 6.45) is 1.76. The smallest absolute Gasteiger partial charge is 0.406 e. The minimum absolute atomic E-state index is 0.111. The van der Waals surface area contributed by atoms with E-state index in [1.54, 1.807) is 9.30 Å². The zero-order valence-corrected chi connectivity index (χ0v) is 21.7. The molecule has 1 amide bonds. The van der Waals surface area contributed by atoms with Crippen molar-refractivity contribution in [3.8, 4) is 5.75 Å². The molecule has 4 rings (SSSR count). The Morgan fingerprint density at radius 2 is 1.89 bits per heavy atom. The number of guanidine groups is 1. The molecule has 38 heavy (non-hydrogen) atoms. The van der Waals surface area contributed by atoms with Crippen molar-refractivity contribution in [3.05, 3.63) is 47.8 Å². The average molecular weight is 556 g/mol. The van der Waals surface area contributed by atoms with Crippen LogP contribution in [0.15, 0.2) is 41.4 Å². The molecule has 0 aromatic heterocycles. The van der Waals surface area contributed by atoms with Crippen LogP contribution in [0, 0.1) is 17.2 Å². The number of benzene rings is 2. The SMILES string of the molecule is CC1(C)CCCC(C=[N+]2C(Nc3ccc(OC(F)(F)F)cc3)=Nc3cc(C(=O)NS(C)(=O)=O)c(F)cc32)C1. The van der Waals surface area contributed by atoms with Gasteiger partial charge in [0.05, 0.1) is 23.7 Å². The van der Waals surface area contributed by atoms with Crippen LogP contribution >= 0.6 is 0 Å². The molecule has 2 aromatic carbocycles. The zero-order valence-electron chi connectivity index (χ0n) is 20.9. The number of hydrogen-bond acceptors (Lipinski definition) is 6. The first-order valence-corrected chi connectivity index (χ1v) is 13.7. The largest absolute Gasteiger partial charge is 0.573 e. The third kappa shape index (κ3) is 6.88. The average Bonchev–Trinajstić information content (AvgIpc) is 3.07. The highest BCUT2D eigenvalue weighted by atomic mass is 32.2. The van der Waals surface area contributed by atoms with Gasteiger partial charge in [0.25, 0.3) is 5.91 Å². The van der Waals surface area contributed by atoms with Gasteiger partial charge in [-0.2, -0.15) is 0 Å². The molecule has 1 atom stereocenters. The molecule has 0 spiro atoms. The maximum Gasteiger partial charge on any atom is 0.573 e. The van der Waals surface area contributed by atoms with Gasteiger partial charge in [-0.05, 0) is 48.9 Å². The summed E-state index contributed by atoms with van der Waals surface area (Å²) in [5, 5.41) is 3.03. The molecule has 0 bridgehead atoms. The number of hydrogen-bond donors (Lipinski definition) is 2. The topological polar surface area (TPSA) is 99.9 Å². The Morgan fingerprint density at radius 3 is 2.50 bits per heavy atom. The first kappa shape index (κ1) is 27.6. The molecule has 2 N–H and O–H groups in total. The fraction of sp³-hybridized carbons (Fsp3) is 0.400. The van der Waals surface area contributed by atoms with E-state index in [2.05, 4.69) is 28.9 Å². The minimum atomic E-state index is -4.82. The van der Waals surface area contributed by atoms with E-state index in [-0.39, 0.29) is 23.0 Å². The molecule has 8 nitrogen and oxygen atoms in total. The number of sulfonamides is 1. The number of carbonyl (C=O) groups is 1. The Labute approximate surface area is 217 Å². The van der Waals surface area contributed by atoms with E-state index in [0.29, 0.717) is 11.4 Å². The number of alkyl halides is 3. The number of aliphatic imine (C=N–C) groups is 1. The van der Waals surface area contributed by atoms with E-state index in [1.807, 2.05) is 6.21 Å². The van der Waals surface area contributed by atoms with Crippen LogP contribution in [0.3, 0.4) is 0 Å². The van der Waals surface area contributed by atoms with Gasteiger partial charge in [0.2, 0.25) is 10.0 Å². The highest BCUT2D eigenvalue weighted by Gasteiger charge is 2.35. The summed E-state index contributed by atoms with van der Waals surface area (Å²) in [4.78, 5) is 16.8. The van der Waals surface area contributed by atoms with E-state index in [4.69, 9.17) is 0 Å². The van der Waals surface area contributed by atoms with Gasteiger partial charge in [-0.25, -0.2) is 27.4 Å². The van der Waals surface area contributed by atoms with Crippen LogP contribution in [-0.4, -0.2) is 43.7 Å². The number of anilines is 1. The highest BCUT2D eigenvalue weighted by molar-refractivity contribution is 7.89. The molecule has 2 aliphatic rings. The first-order chi connectivity index (χ1) is 17.6. The molecule has 2 aromatic rings. The number of ether oxygens (including phenoxy) is 1.